The van der Waals surface area contributed by atoms with E-state index >= 15 is 0 Å². The minimum absolute atomic E-state index is 0. The third kappa shape index (κ3) is 4.37. The molecule has 5 heteroatoms. The van der Waals surface area contributed by atoms with Crippen LogP contribution in [0.15, 0.2) is 4.99 Å². The van der Waals surface area contributed by atoms with E-state index in [1.54, 1.807) is 0 Å². The summed E-state index contributed by atoms with van der Waals surface area (Å²) in [6, 6.07) is 0.489. The number of fused-ring (bicyclic) bond motifs is 1. The van der Waals surface area contributed by atoms with E-state index in [-0.39, 0.29) is 29.4 Å². The Bertz CT molecular complexity index is 421. The molecule has 3 atom stereocenters. The van der Waals surface area contributed by atoms with Crippen molar-refractivity contribution in [3.05, 3.63) is 0 Å². The average Bonchev–Trinajstić information content (AvgIpc) is 3.18. The number of guanidine groups is 1. The van der Waals surface area contributed by atoms with Crippen molar-refractivity contribution in [2.24, 2.45) is 22.2 Å². The summed E-state index contributed by atoms with van der Waals surface area (Å²) in [4.78, 5) is 4.83. The topological polar surface area (TPSA) is 45.7 Å². The standard InChI is InChI=1S/C19H35N3O.HI/c1-4-20-18(21-12-7-10-14-8-5-6-9-14)22-16-15-11-13-23-17(15)19(16,2)3;/h14-17H,4-13H2,1-3H3,(H2,20,21,22);1H. The molecule has 1 heterocycles. The maximum Gasteiger partial charge on any atom is 0.191 e. The molecule has 0 spiro atoms. The fraction of sp³-hybridized carbons (Fsp3) is 0.947. The molecule has 0 bridgehead atoms. The maximum absolute atomic E-state index is 5.89. The van der Waals surface area contributed by atoms with Gasteiger partial charge >= 0.3 is 0 Å². The van der Waals surface area contributed by atoms with E-state index in [1.807, 2.05) is 0 Å². The number of hydrogen-bond acceptors (Lipinski definition) is 2. The van der Waals surface area contributed by atoms with Gasteiger partial charge in [-0.1, -0.05) is 39.5 Å². The monoisotopic (exact) mass is 449 g/mol. The average molecular weight is 449 g/mol. The Hall–Kier alpha value is -0.0400. The lowest BCUT2D eigenvalue weighted by atomic mass is 9.57. The zero-order chi connectivity index (χ0) is 16.3. The van der Waals surface area contributed by atoms with E-state index in [0.29, 0.717) is 18.1 Å². The van der Waals surface area contributed by atoms with E-state index in [4.69, 9.17) is 9.73 Å². The molecule has 2 aliphatic carbocycles. The van der Waals surface area contributed by atoms with Crippen LogP contribution in [0.2, 0.25) is 0 Å². The zero-order valence-corrected chi connectivity index (χ0v) is 18.0. The number of nitrogens with zero attached hydrogens (tertiary/aromatic N) is 1. The highest BCUT2D eigenvalue weighted by Gasteiger charge is 2.59. The number of ether oxygens (including phenoxy) is 1. The van der Waals surface area contributed by atoms with Crippen LogP contribution in [0.5, 0.6) is 0 Å². The van der Waals surface area contributed by atoms with Crippen LogP contribution in [-0.4, -0.2) is 37.8 Å². The van der Waals surface area contributed by atoms with Gasteiger partial charge in [0.25, 0.3) is 0 Å². The minimum Gasteiger partial charge on any atom is -0.377 e. The van der Waals surface area contributed by atoms with Gasteiger partial charge in [-0.2, -0.15) is 0 Å². The third-order valence-electron chi connectivity index (χ3n) is 6.25. The van der Waals surface area contributed by atoms with E-state index in [0.717, 1.165) is 31.6 Å². The van der Waals surface area contributed by atoms with Crippen LogP contribution < -0.4 is 10.6 Å². The van der Waals surface area contributed by atoms with Crippen molar-refractivity contribution >= 4 is 29.9 Å². The number of halogens is 1. The number of rotatable bonds is 6. The summed E-state index contributed by atoms with van der Waals surface area (Å²) < 4.78 is 5.89. The van der Waals surface area contributed by atoms with Gasteiger partial charge in [0.15, 0.2) is 5.96 Å². The summed E-state index contributed by atoms with van der Waals surface area (Å²) in [7, 11) is 0. The van der Waals surface area contributed by atoms with Crippen molar-refractivity contribution in [1.82, 2.24) is 10.6 Å². The van der Waals surface area contributed by atoms with Crippen LogP contribution >= 0.6 is 24.0 Å². The van der Waals surface area contributed by atoms with Crippen molar-refractivity contribution in [3.63, 3.8) is 0 Å². The molecular weight excluding hydrogens is 413 g/mol. The van der Waals surface area contributed by atoms with Crippen LogP contribution in [0, 0.1) is 17.3 Å². The van der Waals surface area contributed by atoms with Crippen LogP contribution in [0.1, 0.15) is 65.7 Å². The van der Waals surface area contributed by atoms with Crippen molar-refractivity contribution in [2.75, 3.05) is 19.7 Å². The molecule has 1 saturated heterocycles. The molecule has 3 aliphatic rings. The summed E-state index contributed by atoms with van der Waals surface area (Å²) in [6.45, 7) is 9.58. The van der Waals surface area contributed by atoms with Gasteiger partial charge in [-0.15, -0.1) is 24.0 Å². The molecule has 0 amide bonds. The fourth-order valence-corrected chi connectivity index (χ4v) is 4.95. The molecule has 24 heavy (non-hydrogen) atoms. The summed E-state index contributed by atoms with van der Waals surface area (Å²) in [5.74, 6) is 2.64. The first-order valence-electron chi connectivity index (χ1n) is 9.79. The highest BCUT2D eigenvalue weighted by atomic mass is 127. The lowest BCUT2D eigenvalue weighted by molar-refractivity contribution is -0.106. The Kier molecular flexibility index (Phi) is 7.65. The number of hydrogen-bond donors (Lipinski definition) is 2. The number of nitrogens with one attached hydrogen (secondary N) is 2. The van der Waals surface area contributed by atoms with Crippen molar-refractivity contribution in [2.45, 2.75) is 77.9 Å². The summed E-state index contributed by atoms with van der Waals surface area (Å²) >= 11 is 0. The first-order chi connectivity index (χ1) is 11.1. The second-order valence-corrected chi connectivity index (χ2v) is 8.24. The Morgan fingerprint density at radius 3 is 2.67 bits per heavy atom. The van der Waals surface area contributed by atoms with Gasteiger partial charge in [0.2, 0.25) is 0 Å². The van der Waals surface area contributed by atoms with E-state index in [1.165, 1.54) is 44.9 Å². The quantitative estimate of drug-likeness (QED) is 0.280. The van der Waals surface area contributed by atoms with Gasteiger partial charge in [-0.25, -0.2) is 0 Å². The molecule has 3 rings (SSSR count). The van der Waals surface area contributed by atoms with E-state index in [2.05, 4.69) is 31.4 Å². The van der Waals surface area contributed by atoms with Crippen molar-refractivity contribution in [3.8, 4) is 0 Å². The highest BCUT2D eigenvalue weighted by Crippen LogP contribution is 2.52. The smallest absolute Gasteiger partial charge is 0.191 e. The van der Waals surface area contributed by atoms with Gasteiger partial charge in [-0.3, -0.25) is 4.99 Å². The first kappa shape index (κ1) is 20.3. The molecular formula is C19H36IN3O. The molecule has 140 valence electrons. The second kappa shape index (κ2) is 9.06. The molecule has 0 aromatic heterocycles. The lowest BCUT2D eigenvalue weighted by Gasteiger charge is -2.54. The van der Waals surface area contributed by atoms with E-state index < -0.39 is 0 Å². The Labute approximate surface area is 165 Å². The van der Waals surface area contributed by atoms with Crippen LogP contribution in [0.3, 0.4) is 0 Å². The molecule has 1 aliphatic heterocycles. The molecule has 0 aromatic rings. The molecule has 0 radical (unpaired) electrons. The minimum atomic E-state index is 0. The molecule has 2 N–H and O–H groups in total. The van der Waals surface area contributed by atoms with Crippen molar-refractivity contribution < 1.29 is 4.74 Å². The molecule has 3 unspecified atom stereocenters. The predicted molar refractivity (Wildman–Crippen MR) is 111 cm³/mol. The van der Waals surface area contributed by atoms with Gasteiger partial charge < -0.3 is 15.4 Å². The maximum atomic E-state index is 5.89. The fourth-order valence-electron chi connectivity index (χ4n) is 4.95. The normalized spacial score (nSPS) is 32.0. The van der Waals surface area contributed by atoms with Crippen molar-refractivity contribution in [1.29, 1.82) is 0 Å². The predicted octanol–water partition coefficient (Wildman–Crippen LogP) is 3.94. The second-order valence-electron chi connectivity index (χ2n) is 8.24. The largest absolute Gasteiger partial charge is 0.377 e. The van der Waals surface area contributed by atoms with Crippen LogP contribution in [-0.2, 0) is 4.74 Å². The van der Waals surface area contributed by atoms with Gasteiger partial charge in [0.05, 0.1) is 6.10 Å². The molecule has 0 aromatic carbocycles. The molecule has 4 nitrogen and oxygen atoms in total. The zero-order valence-electron chi connectivity index (χ0n) is 15.6. The lowest BCUT2D eigenvalue weighted by Crippen LogP contribution is -2.67. The van der Waals surface area contributed by atoms with Crippen LogP contribution in [0.25, 0.3) is 0 Å². The number of aliphatic imine (C=N–C) groups is 1. The Morgan fingerprint density at radius 1 is 1.21 bits per heavy atom. The summed E-state index contributed by atoms with van der Waals surface area (Å²) in [5, 5.41) is 7.13. The highest BCUT2D eigenvalue weighted by molar-refractivity contribution is 14.0. The SMILES string of the molecule is CCNC(=NCCCC1CCCC1)NC1C2CCOC2C1(C)C.I. The van der Waals surface area contributed by atoms with Gasteiger partial charge in [-0.05, 0) is 32.1 Å². The molecule has 2 saturated carbocycles. The van der Waals surface area contributed by atoms with Gasteiger partial charge in [0, 0.05) is 37.1 Å². The van der Waals surface area contributed by atoms with Gasteiger partial charge in [0.1, 0.15) is 0 Å². The third-order valence-corrected chi connectivity index (χ3v) is 6.25. The Morgan fingerprint density at radius 2 is 1.96 bits per heavy atom. The first-order valence-corrected chi connectivity index (χ1v) is 9.79. The summed E-state index contributed by atoms with van der Waals surface area (Å²) in [5.41, 5.74) is 0.210. The molecule has 3 fully saturated rings. The Balaban J connectivity index is 0.00000208. The van der Waals surface area contributed by atoms with E-state index in [9.17, 15) is 0 Å². The van der Waals surface area contributed by atoms with Crippen LogP contribution in [0.4, 0.5) is 0 Å². The summed E-state index contributed by atoms with van der Waals surface area (Å²) in [6.07, 6.45) is 9.99.